The Morgan fingerprint density at radius 2 is 2.26 bits per heavy atom. The fraction of sp³-hybridized carbons (Fsp3) is 0.214. The molecule has 3 rings (SSSR count). The number of nitrogens with one attached hydrogen (secondary N) is 1. The molecule has 0 aliphatic carbocycles. The van der Waals surface area contributed by atoms with Gasteiger partial charge >= 0.3 is 0 Å². The van der Waals surface area contributed by atoms with Crippen LogP contribution in [-0.2, 0) is 7.05 Å². The highest BCUT2D eigenvalue weighted by molar-refractivity contribution is 5.81. The number of benzene rings is 1. The zero-order valence-electron chi connectivity index (χ0n) is 10.9. The Labute approximate surface area is 111 Å². The molecule has 1 aromatic carbocycles. The molecule has 3 aromatic rings. The van der Waals surface area contributed by atoms with Crippen molar-refractivity contribution in [2.24, 2.45) is 12.9 Å². The smallest absolute Gasteiger partial charge is 0.137 e. The quantitative estimate of drug-likeness (QED) is 0.555. The van der Waals surface area contributed by atoms with E-state index in [1.54, 1.807) is 6.20 Å². The van der Waals surface area contributed by atoms with Crippen molar-refractivity contribution in [3.8, 4) is 0 Å². The van der Waals surface area contributed by atoms with Crippen LogP contribution in [0.1, 0.15) is 23.2 Å². The normalized spacial score (nSPS) is 13.0. The molecule has 0 fully saturated rings. The van der Waals surface area contributed by atoms with Gasteiger partial charge < -0.3 is 8.98 Å². The second-order valence-corrected chi connectivity index (χ2v) is 4.64. The summed E-state index contributed by atoms with van der Waals surface area (Å²) in [6, 6.07) is 7.82. The number of aromatic nitrogens is 2. The Morgan fingerprint density at radius 3 is 2.89 bits per heavy atom. The zero-order valence-corrected chi connectivity index (χ0v) is 10.9. The third kappa shape index (κ3) is 1.93. The van der Waals surface area contributed by atoms with Crippen molar-refractivity contribution >= 4 is 11.0 Å². The van der Waals surface area contributed by atoms with Gasteiger partial charge in [0.15, 0.2) is 0 Å². The topological polar surface area (TPSA) is 69.0 Å². The lowest BCUT2D eigenvalue weighted by Gasteiger charge is -2.12. The molecule has 3 N–H and O–H groups in total. The van der Waals surface area contributed by atoms with E-state index in [2.05, 4.69) is 10.4 Å². The van der Waals surface area contributed by atoms with Crippen LogP contribution in [0, 0.1) is 6.92 Å². The van der Waals surface area contributed by atoms with E-state index < -0.39 is 0 Å². The third-order valence-corrected chi connectivity index (χ3v) is 3.33. The molecule has 5 nitrogen and oxygen atoms in total. The van der Waals surface area contributed by atoms with Gasteiger partial charge in [0.25, 0.3) is 0 Å². The lowest BCUT2D eigenvalue weighted by Crippen LogP contribution is -2.30. The van der Waals surface area contributed by atoms with Gasteiger partial charge in [-0.3, -0.25) is 5.84 Å². The van der Waals surface area contributed by atoms with Gasteiger partial charge in [-0.05, 0) is 18.6 Å². The van der Waals surface area contributed by atoms with Crippen LogP contribution < -0.4 is 11.3 Å². The summed E-state index contributed by atoms with van der Waals surface area (Å²) in [6.07, 6.45) is 3.63. The largest absolute Gasteiger partial charge is 0.459 e. The Hall–Kier alpha value is -2.11. The van der Waals surface area contributed by atoms with E-state index in [1.165, 1.54) is 0 Å². The molecule has 0 aliphatic rings. The highest BCUT2D eigenvalue weighted by Crippen LogP contribution is 2.28. The van der Waals surface area contributed by atoms with Crippen LogP contribution in [0.15, 0.2) is 41.1 Å². The molecule has 0 saturated carbocycles. The second-order valence-electron chi connectivity index (χ2n) is 4.64. The van der Waals surface area contributed by atoms with Gasteiger partial charge in [-0.25, -0.2) is 10.4 Å². The van der Waals surface area contributed by atoms with Gasteiger partial charge in [0, 0.05) is 24.8 Å². The number of fused-ring (bicyclic) bond motifs is 1. The van der Waals surface area contributed by atoms with E-state index in [-0.39, 0.29) is 6.04 Å². The van der Waals surface area contributed by atoms with Crippen molar-refractivity contribution in [1.82, 2.24) is 15.0 Å². The molecular formula is C14H16N4O. The van der Waals surface area contributed by atoms with E-state index >= 15 is 0 Å². The van der Waals surface area contributed by atoms with Crippen LogP contribution in [0.5, 0.6) is 0 Å². The van der Waals surface area contributed by atoms with E-state index in [9.17, 15) is 0 Å². The maximum Gasteiger partial charge on any atom is 0.137 e. The predicted octanol–water partition coefficient (Wildman–Crippen LogP) is 2.03. The monoisotopic (exact) mass is 256 g/mol. The van der Waals surface area contributed by atoms with Gasteiger partial charge in [0.1, 0.15) is 23.2 Å². The lowest BCUT2D eigenvalue weighted by molar-refractivity contribution is 0.456. The number of nitrogens with two attached hydrogens (primary N) is 1. The van der Waals surface area contributed by atoms with Crippen LogP contribution >= 0.6 is 0 Å². The molecule has 2 heterocycles. The zero-order chi connectivity index (χ0) is 13.4. The number of imidazole rings is 1. The van der Waals surface area contributed by atoms with Gasteiger partial charge in [0.2, 0.25) is 0 Å². The van der Waals surface area contributed by atoms with Gasteiger partial charge in [-0.1, -0.05) is 18.2 Å². The average Bonchev–Trinajstić information content (AvgIpc) is 2.99. The van der Waals surface area contributed by atoms with Crippen molar-refractivity contribution in [3.63, 3.8) is 0 Å². The third-order valence-electron chi connectivity index (χ3n) is 3.33. The summed E-state index contributed by atoms with van der Waals surface area (Å²) in [5.41, 5.74) is 4.77. The van der Waals surface area contributed by atoms with E-state index in [1.807, 2.05) is 49.0 Å². The molecule has 2 aromatic heterocycles. The van der Waals surface area contributed by atoms with Crippen LogP contribution in [0.25, 0.3) is 11.0 Å². The van der Waals surface area contributed by atoms with E-state index in [4.69, 9.17) is 10.3 Å². The molecule has 5 heteroatoms. The second kappa shape index (κ2) is 4.53. The minimum atomic E-state index is -0.258. The first-order valence-corrected chi connectivity index (χ1v) is 6.13. The van der Waals surface area contributed by atoms with Gasteiger partial charge in [0.05, 0.1) is 0 Å². The first-order valence-electron chi connectivity index (χ1n) is 6.13. The number of hydrogen-bond donors (Lipinski definition) is 2. The molecule has 0 aliphatic heterocycles. The van der Waals surface area contributed by atoms with Crippen molar-refractivity contribution in [2.75, 3.05) is 0 Å². The number of aryl methyl sites for hydroxylation is 2. The first kappa shape index (κ1) is 12.0. The highest BCUT2D eigenvalue weighted by atomic mass is 16.3. The molecular weight excluding hydrogens is 240 g/mol. The predicted molar refractivity (Wildman–Crippen MR) is 73.3 cm³/mol. The molecule has 98 valence electrons. The maximum atomic E-state index is 5.93. The SMILES string of the molecule is Cc1cccc2cc(C(NN)c3nccn3C)oc12. The van der Waals surface area contributed by atoms with Crippen LogP contribution in [-0.4, -0.2) is 9.55 Å². The van der Waals surface area contributed by atoms with Crippen LogP contribution in [0.3, 0.4) is 0 Å². The molecule has 1 atom stereocenters. The standard InChI is InChI=1S/C14H16N4O/c1-9-4-3-5-10-8-11(19-13(9)10)12(17-15)14-16-6-7-18(14)2/h3-8,12,17H,15H2,1-2H3. The minimum Gasteiger partial charge on any atom is -0.459 e. The summed E-state index contributed by atoms with van der Waals surface area (Å²) in [6.45, 7) is 2.03. The minimum absolute atomic E-state index is 0.258. The summed E-state index contributed by atoms with van der Waals surface area (Å²) >= 11 is 0. The Morgan fingerprint density at radius 1 is 1.42 bits per heavy atom. The Kier molecular flexibility index (Phi) is 2.85. The molecule has 0 radical (unpaired) electrons. The number of para-hydroxylation sites is 1. The number of hydrogen-bond acceptors (Lipinski definition) is 4. The number of rotatable bonds is 3. The number of furan rings is 1. The molecule has 19 heavy (non-hydrogen) atoms. The molecule has 0 bridgehead atoms. The fourth-order valence-corrected chi connectivity index (χ4v) is 2.31. The van der Waals surface area contributed by atoms with Crippen molar-refractivity contribution < 1.29 is 4.42 Å². The van der Waals surface area contributed by atoms with Gasteiger partial charge in [-0.15, -0.1) is 0 Å². The molecule has 0 amide bonds. The Bertz CT molecular complexity index is 713. The van der Waals surface area contributed by atoms with Crippen molar-refractivity contribution in [1.29, 1.82) is 0 Å². The lowest BCUT2D eigenvalue weighted by atomic mass is 10.1. The van der Waals surface area contributed by atoms with Crippen LogP contribution in [0.4, 0.5) is 0 Å². The molecule has 0 spiro atoms. The molecule has 0 saturated heterocycles. The van der Waals surface area contributed by atoms with E-state index in [0.717, 1.165) is 28.1 Å². The molecule has 1 unspecified atom stereocenters. The van der Waals surface area contributed by atoms with Crippen molar-refractivity contribution in [3.05, 3.63) is 53.8 Å². The fourth-order valence-electron chi connectivity index (χ4n) is 2.31. The van der Waals surface area contributed by atoms with Crippen LogP contribution in [0.2, 0.25) is 0 Å². The summed E-state index contributed by atoms with van der Waals surface area (Å²) in [5, 5.41) is 1.07. The average molecular weight is 256 g/mol. The van der Waals surface area contributed by atoms with Crippen molar-refractivity contribution in [2.45, 2.75) is 13.0 Å². The summed E-state index contributed by atoms with van der Waals surface area (Å²) in [4.78, 5) is 4.32. The highest BCUT2D eigenvalue weighted by Gasteiger charge is 2.21. The number of hydrazine groups is 1. The first-order chi connectivity index (χ1) is 9.20. The van der Waals surface area contributed by atoms with Gasteiger partial charge in [-0.2, -0.15) is 0 Å². The summed E-state index contributed by atoms with van der Waals surface area (Å²) < 4.78 is 7.86. The number of nitrogens with zero attached hydrogens (tertiary/aromatic N) is 2. The maximum absolute atomic E-state index is 5.93. The summed E-state index contributed by atoms with van der Waals surface area (Å²) in [7, 11) is 1.93. The van der Waals surface area contributed by atoms with E-state index in [0.29, 0.717) is 0 Å². The summed E-state index contributed by atoms with van der Waals surface area (Å²) in [5.74, 6) is 7.25. The Balaban J connectivity index is 2.12.